The zero-order chi connectivity index (χ0) is 14.2. The largest absolute Gasteiger partial charge is 0.306 e. The molecule has 0 spiro atoms. The van der Waals surface area contributed by atoms with Gasteiger partial charge in [0.2, 0.25) is 0 Å². The van der Waals surface area contributed by atoms with Gasteiger partial charge in [-0.05, 0) is 66.4 Å². The van der Waals surface area contributed by atoms with E-state index in [9.17, 15) is 0 Å². The number of fused-ring (bicyclic) bond motifs is 2. The smallest absolute Gasteiger partial charge is 0.0380 e. The highest BCUT2D eigenvalue weighted by Crippen LogP contribution is 2.40. The third kappa shape index (κ3) is 2.37. The van der Waals surface area contributed by atoms with Gasteiger partial charge in [-0.2, -0.15) is 0 Å². The molecule has 2 heteroatoms. The van der Waals surface area contributed by atoms with Crippen LogP contribution in [0.5, 0.6) is 0 Å². The van der Waals surface area contributed by atoms with Crippen LogP contribution in [0.4, 0.5) is 0 Å². The van der Waals surface area contributed by atoms with Crippen molar-refractivity contribution in [1.29, 1.82) is 0 Å². The average Bonchev–Trinajstić information content (AvgIpc) is 2.91. The van der Waals surface area contributed by atoms with E-state index in [0.717, 1.165) is 0 Å². The quantitative estimate of drug-likeness (QED) is 0.697. The topological polar surface area (TPSA) is 3.24 Å². The minimum absolute atomic E-state index is 1.18. The predicted octanol–water partition coefficient (Wildman–Crippen LogP) is 4.37. The van der Waals surface area contributed by atoms with Crippen LogP contribution in [0, 0.1) is 0 Å². The molecule has 0 amide bonds. The second kappa shape index (κ2) is 5.43. The molecule has 1 aromatic carbocycles. The molecule has 0 N–H and O–H groups in total. The SMILES string of the molecule is CN1CCC(=C2c3ccccc3CCc3ccsc32)CC1. The van der Waals surface area contributed by atoms with Crippen molar-refractivity contribution in [3.05, 3.63) is 62.9 Å². The molecule has 0 saturated carbocycles. The zero-order valence-electron chi connectivity index (χ0n) is 12.6. The Morgan fingerprint density at radius 2 is 1.67 bits per heavy atom. The Hall–Kier alpha value is -1.38. The summed E-state index contributed by atoms with van der Waals surface area (Å²) < 4.78 is 0. The molecule has 108 valence electrons. The second-order valence-electron chi connectivity index (χ2n) is 6.21. The minimum Gasteiger partial charge on any atom is -0.306 e. The molecule has 1 saturated heterocycles. The van der Waals surface area contributed by atoms with E-state index >= 15 is 0 Å². The molecule has 21 heavy (non-hydrogen) atoms. The van der Waals surface area contributed by atoms with Crippen LogP contribution in [0.25, 0.3) is 5.57 Å². The minimum atomic E-state index is 1.18. The van der Waals surface area contributed by atoms with Crippen molar-refractivity contribution >= 4 is 16.9 Å². The summed E-state index contributed by atoms with van der Waals surface area (Å²) in [7, 11) is 2.24. The van der Waals surface area contributed by atoms with E-state index in [-0.39, 0.29) is 0 Å². The first kappa shape index (κ1) is 13.3. The van der Waals surface area contributed by atoms with Crippen LogP contribution >= 0.6 is 11.3 Å². The number of thiophene rings is 1. The third-order valence-corrected chi connectivity index (χ3v) is 5.84. The molecule has 0 unspecified atom stereocenters. The van der Waals surface area contributed by atoms with Crippen LogP contribution in [0.15, 0.2) is 41.3 Å². The van der Waals surface area contributed by atoms with E-state index in [0.29, 0.717) is 0 Å². The Kier molecular flexibility index (Phi) is 3.44. The summed E-state index contributed by atoms with van der Waals surface area (Å²) in [6, 6.07) is 11.4. The van der Waals surface area contributed by atoms with Gasteiger partial charge >= 0.3 is 0 Å². The van der Waals surface area contributed by atoms with Crippen LogP contribution in [0.2, 0.25) is 0 Å². The van der Waals surface area contributed by atoms with Crippen LogP contribution < -0.4 is 0 Å². The zero-order valence-corrected chi connectivity index (χ0v) is 13.4. The number of likely N-dealkylation sites (tertiary alicyclic amines) is 1. The summed E-state index contributed by atoms with van der Waals surface area (Å²) in [6.45, 7) is 2.39. The normalized spacial score (nSPS) is 19.1. The first-order valence-corrected chi connectivity index (χ1v) is 8.76. The lowest BCUT2D eigenvalue weighted by Gasteiger charge is -2.27. The average molecular weight is 295 g/mol. The van der Waals surface area contributed by atoms with E-state index in [1.807, 2.05) is 11.3 Å². The van der Waals surface area contributed by atoms with Crippen molar-refractivity contribution in [2.45, 2.75) is 25.7 Å². The molecule has 2 aliphatic rings. The van der Waals surface area contributed by atoms with Crippen molar-refractivity contribution in [2.24, 2.45) is 0 Å². The number of nitrogens with zero attached hydrogens (tertiary/aromatic N) is 1. The standard InChI is InChI=1S/C19H21NS/c1-20-11-8-15(9-12-20)18-17-5-3-2-4-14(17)6-7-16-10-13-21-19(16)18/h2-5,10,13H,6-9,11-12H2,1H3. The molecule has 1 aliphatic carbocycles. The first-order chi connectivity index (χ1) is 10.3. The maximum absolute atomic E-state index is 2.45. The molecule has 0 radical (unpaired) electrons. The maximum Gasteiger partial charge on any atom is 0.0380 e. The fourth-order valence-electron chi connectivity index (χ4n) is 3.62. The van der Waals surface area contributed by atoms with Crippen molar-refractivity contribution in [2.75, 3.05) is 20.1 Å². The highest BCUT2D eigenvalue weighted by atomic mass is 32.1. The second-order valence-corrected chi connectivity index (χ2v) is 7.13. The molecule has 2 heterocycles. The Bertz CT molecular complexity index is 685. The van der Waals surface area contributed by atoms with Gasteiger partial charge in [-0.1, -0.05) is 29.8 Å². The lowest BCUT2D eigenvalue weighted by molar-refractivity contribution is 0.313. The van der Waals surface area contributed by atoms with E-state index in [1.165, 1.54) is 49.9 Å². The van der Waals surface area contributed by atoms with E-state index in [1.54, 1.807) is 21.6 Å². The first-order valence-electron chi connectivity index (χ1n) is 7.88. The molecule has 2 aromatic rings. The van der Waals surface area contributed by atoms with Crippen molar-refractivity contribution in [3.8, 4) is 0 Å². The predicted molar refractivity (Wildman–Crippen MR) is 90.9 cm³/mol. The van der Waals surface area contributed by atoms with E-state index in [2.05, 4.69) is 47.7 Å². The number of rotatable bonds is 0. The van der Waals surface area contributed by atoms with Crippen molar-refractivity contribution < 1.29 is 0 Å². The van der Waals surface area contributed by atoms with Gasteiger partial charge in [-0.25, -0.2) is 0 Å². The summed E-state index contributed by atoms with van der Waals surface area (Å²) >= 11 is 1.93. The Balaban J connectivity index is 1.91. The lowest BCUT2D eigenvalue weighted by Crippen LogP contribution is -2.26. The van der Waals surface area contributed by atoms with Gasteiger partial charge in [0.15, 0.2) is 0 Å². The number of benzene rings is 1. The fourth-order valence-corrected chi connectivity index (χ4v) is 4.68. The monoisotopic (exact) mass is 295 g/mol. The molecular weight excluding hydrogens is 274 g/mol. The van der Waals surface area contributed by atoms with Gasteiger partial charge in [0.25, 0.3) is 0 Å². The molecule has 1 aromatic heterocycles. The van der Waals surface area contributed by atoms with Crippen LogP contribution in [-0.4, -0.2) is 25.0 Å². The van der Waals surface area contributed by atoms with Crippen LogP contribution in [0.1, 0.15) is 34.4 Å². The molecule has 1 nitrogen and oxygen atoms in total. The lowest BCUT2D eigenvalue weighted by atomic mass is 9.90. The maximum atomic E-state index is 2.45. The Morgan fingerprint density at radius 3 is 2.52 bits per heavy atom. The number of hydrogen-bond acceptors (Lipinski definition) is 2. The highest BCUT2D eigenvalue weighted by Gasteiger charge is 2.23. The molecule has 4 rings (SSSR count). The molecule has 1 fully saturated rings. The van der Waals surface area contributed by atoms with Crippen molar-refractivity contribution in [1.82, 2.24) is 4.90 Å². The van der Waals surface area contributed by atoms with Gasteiger partial charge in [-0.15, -0.1) is 11.3 Å². The summed E-state index contributed by atoms with van der Waals surface area (Å²) in [5.41, 5.74) is 7.82. The number of piperidine rings is 1. The Morgan fingerprint density at radius 1 is 0.905 bits per heavy atom. The highest BCUT2D eigenvalue weighted by molar-refractivity contribution is 7.11. The molecule has 1 aliphatic heterocycles. The van der Waals surface area contributed by atoms with Gasteiger partial charge in [0, 0.05) is 18.0 Å². The Labute approximate surface area is 130 Å². The van der Waals surface area contributed by atoms with Gasteiger partial charge < -0.3 is 4.90 Å². The summed E-state index contributed by atoms with van der Waals surface area (Å²) in [5.74, 6) is 0. The van der Waals surface area contributed by atoms with E-state index in [4.69, 9.17) is 0 Å². The van der Waals surface area contributed by atoms with Crippen LogP contribution in [-0.2, 0) is 12.8 Å². The van der Waals surface area contributed by atoms with Gasteiger partial charge in [0.05, 0.1) is 0 Å². The number of hydrogen-bond donors (Lipinski definition) is 0. The van der Waals surface area contributed by atoms with Gasteiger partial charge in [0.1, 0.15) is 0 Å². The fraction of sp³-hybridized carbons (Fsp3) is 0.368. The number of aryl methyl sites for hydroxylation is 2. The third-order valence-electron chi connectivity index (χ3n) is 4.87. The van der Waals surface area contributed by atoms with Crippen LogP contribution in [0.3, 0.4) is 0 Å². The molecular formula is C19H21NS. The van der Waals surface area contributed by atoms with Crippen molar-refractivity contribution in [3.63, 3.8) is 0 Å². The summed E-state index contributed by atoms with van der Waals surface area (Å²) in [6.07, 6.45) is 4.80. The van der Waals surface area contributed by atoms with Gasteiger partial charge in [-0.3, -0.25) is 0 Å². The summed E-state index contributed by atoms with van der Waals surface area (Å²) in [5, 5.41) is 2.27. The van der Waals surface area contributed by atoms with E-state index < -0.39 is 0 Å². The summed E-state index contributed by atoms with van der Waals surface area (Å²) in [4.78, 5) is 3.99. The molecule has 0 atom stereocenters. The molecule has 0 bridgehead atoms.